The predicted molar refractivity (Wildman–Crippen MR) is 99.9 cm³/mol. The quantitative estimate of drug-likeness (QED) is 0.383. The molecule has 1 amide bonds. The normalized spacial score (nSPS) is 10.8. The van der Waals surface area contributed by atoms with Crippen LogP contribution >= 0.6 is 11.6 Å². The Balaban J connectivity index is 1.71. The van der Waals surface area contributed by atoms with Gasteiger partial charge in [-0.2, -0.15) is 0 Å². The molecular weight excluding hydrogens is 356 g/mol. The Hall–Kier alpha value is -3.38. The van der Waals surface area contributed by atoms with Crippen molar-refractivity contribution >= 4 is 35.0 Å². The topological polar surface area (TPSA) is 85.4 Å². The van der Waals surface area contributed by atoms with Crippen LogP contribution in [0.3, 0.4) is 0 Å². The lowest BCUT2D eigenvalue weighted by Crippen LogP contribution is -2.07. The van der Waals surface area contributed by atoms with Crippen LogP contribution in [-0.2, 0) is 4.79 Å². The molecule has 1 aromatic heterocycles. The van der Waals surface area contributed by atoms with Gasteiger partial charge in [0, 0.05) is 23.8 Å². The van der Waals surface area contributed by atoms with Gasteiger partial charge in [-0.3, -0.25) is 14.9 Å². The fourth-order valence-corrected chi connectivity index (χ4v) is 2.45. The molecule has 0 saturated heterocycles. The average Bonchev–Trinajstić information content (AvgIpc) is 3.11. The van der Waals surface area contributed by atoms with E-state index in [4.69, 9.17) is 16.0 Å². The molecule has 0 bridgehead atoms. The molecule has 0 fully saturated rings. The van der Waals surface area contributed by atoms with E-state index in [0.717, 1.165) is 0 Å². The van der Waals surface area contributed by atoms with Crippen molar-refractivity contribution in [3.05, 3.63) is 87.6 Å². The van der Waals surface area contributed by atoms with Gasteiger partial charge in [-0.1, -0.05) is 35.9 Å². The number of nitro groups is 1. The molecule has 0 spiro atoms. The van der Waals surface area contributed by atoms with Crippen LogP contribution < -0.4 is 5.32 Å². The van der Waals surface area contributed by atoms with Gasteiger partial charge in [-0.05, 0) is 30.3 Å². The van der Waals surface area contributed by atoms with Crippen LogP contribution in [0.25, 0.3) is 17.4 Å². The number of nitrogens with one attached hydrogen (secondary N) is 1. The summed E-state index contributed by atoms with van der Waals surface area (Å²) < 4.78 is 5.61. The second kappa shape index (κ2) is 7.67. The van der Waals surface area contributed by atoms with Gasteiger partial charge in [-0.15, -0.1) is 0 Å². The summed E-state index contributed by atoms with van der Waals surface area (Å²) >= 11 is 5.99. The van der Waals surface area contributed by atoms with Crippen LogP contribution in [0.15, 0.2) is 71.2 Å². The largest absolute Gasteiger partial charge is 0.457 e. The molecule has 3 rings (SSSR count). The number of nitro benzene ring substituents is 1. The van der Waals surface area contributed by atoms with Crippen LogP contribution in [0, 0.1) is 10.1 Å². The van der Waals surface area contributed by atoms with Gasteiger partial charge in [0.2, 0.25) is 5.91 Å². The molecule has 0 aliphatic carbocycles. The summed E-state index contributed by atoms with van der Waals surface area (Å²) in [7, 11) is 0. The molecule has 26 heavy (non-hydrogen) atoms. The lowest BCUT2D eigenvalue weighted by atomic mass is 10.1. The first kappa shape index (κ1) is 17.4. The number of benzene rings is 2. The number of halogens is 1. The third-order valence-electron chi connectivity index (χ3n) is 3.50. The van der Waals surface area contributed by atoms with E-state index in [9.17, 15) is 14.9 Å². The van der Waals surface area contributed by atoms with Crippen LogP contribution in [0.4, 0.5) is 11.4 Å². The van der Waals surface area contributed by atoms with Crippen molar-refractivity contribution in [3.8, 4) is 11.3 Å². The van der Waals surface area contributed by atoms with Crippen molar-refractivity contribution in [1.82, 2.24) is 0 Å². The minimum atomic E-state index is -0.466. The number of hydrogen-bond donors (Lipinski definition) is 1. The van der Waals surface area contributed by atoms with Gasteiger partial charge in [0.25, 0.3) is 5.69 Å². The van der Waals surface area contributed by atoms with E-state index < -0.39 is 4.92 Å². The highest BCUT2D eigenvalue weighted by Crippen LogP contribution is 2.26. The Kier molecular flexibility index (Phi) is 5.15. The number of furan rings is 1. The molecule has 0 aliphatic rings. The van der Waals surface area contributed by atoms with Crippen molar-refractivity contribution < 1.29 is 14.1 Å². The maximum absolute atomic E-state index is 12.0. The summed E-state index contributed by atoms with van der Waals surface area (Å²) in [5.74, 6) is 0.562. The molecule has 3 aromatic rings. The average molecular weight is 369 g/mol. The van der Waals surface area contributed by atoms with Gasteiger partial charge in [0.05, 0.1) is 15.6 Å². The molecule has 1 N–H and O–H groups in total. The number of hydrogen-bond acceptors (Lipinski definition) is 4. The van der Waals surface area contributed by atoms with E-state index in [1.165, 1.54) is 24.3 Å². The zero-order valence-electron chi connectivity index (χ0n) is 13.4. The van der Waals surface area contributed by atoms with Crippen LogP contribution in [0.1, 0.15) is 5.76 Å². The molecule has 0 aliphatic heterocycles. The fraction of sp³-hybridized carbons (Fsp3) is 0. The molecule has 0 unspecified atom stereocenters. The molecule has 0 saturated carbocycles. The van der Waals surface area contributed by atoms with Crippen LogP contribution in [-0.4, -0.2) is 10.8 Å². The summed E-state index contributed by atoms with van der Waals surface area (Å²) in [6.07, 6.45) is 2.83. The van der Waals surface area contributed by atoms with Gasteiger partial charge >= 0.3 is 0 Å². The molecule has 7 heteroatoms. The second-order valence-corrected chi connectivity index (χ2v) is 5.72. The summed E-state index contributed by atoms with van der Waals surface area (Å²) in [5.41, 5.74) is 1.08. The van der Waals surface area contributed by atoms with Gasteiger partial charge in [-0.25, -0.2) is 0 Å². The molecule has 130 valence electrons. The zero-order chi connectivity index (χ0) is 18.5. The first-order valence-corrected chi connectivity index (χ1v) is 7.99. The van der Waals surface area contributed by atoms with Gasteiger partial charge in [0.15, 0.2) is 0 Å². The van der Waals surface area contributed by atoms with Crippen molar-refractivity contribution in [3.63, 3.8) is 0 Å². The molecule has 0 atom stereocenters. The Morgan fingerprint density at radius 3 is 2.69 bits per heavy atom. The van der Waals surface area contributed by atoms with Crippen LogP contribution in [0.2, 0.25) is 5.02 Å². The molecule has 2 aromatic carbocycles. The van der Waals surface area contributed by atoms with Gasteiger partial charge < -0.3 is 9.73 Å². The highest BCUT2D eigenvalue weighted by Gasteiger charge is 2.10. The molecular formula is C19H13ClN2O4. The Morgan fingerprint density at radius 2 is 1.92 bits per heavy atom. The standard InChI is InChI=1S/C19H13ClN2O4/c20-16-6-1-2-7-17(16)21-19(23)11-9-15-8-10-18(26-15)13-4-3-5-14(12-13)22(24)25/h1-12H,(H,21,23)/b11-9+. The van der Waals surface area contributed by atoms with E-state index in [0.29, 0.717) is 27.8 Å². The number of rotatable bonds is 5. The lowest BCUT2D eigenvalue weighted by Gasteiger charge is -2.03. The second-order valence-electron chi connectivity index (χ2n) is 5.31. The number of anilines is 1. The zero-order valence-corrected chi connectivity index (χ0v) is 14.1. The van der Waals surface area contributed by atoms with Crippen molar-refractivity contribution in [2.45, 2.75) is 0 Å². The smallest absolute Gasteiger partial charge is 0.270 e. The minimum absolute atomic E-state index is 0.0184. The first-order chi connectivity index (χ1) is 12.5. The van der Waals surface area contributed by atoms with Gasteiger partial charge in [0.1, 0.15) is 11.5 Å². The Labute approximate surface area is 153 Å². The van der Waals surface area contributed by atoms with E-state index in [-0.39, 0.29) is 11.6 Å². The number of carbonyl (C=O) groups is 1. The van der Waals surface area contributed by atoms with E-state index in [2.05, 4.69) is 5.32 Å². The van der Waals surface area contributed by atoms with E-state index in [1.54, 1.807) is 48.5 Å². The predicted octanol–water partition coefficient (Wildman–Crippen LogP) is 5.16. The number of non-ortho nitro benzene ring substituents is 1. The summed E-state index contributed by atoms with van der Waals surface area (Å²) in [4.78, 5) is 22.3. The Bertz CT molecular complexity index is 994. The minimum Gasteiger partial charge on any atom is -0.457 e. The molecule has 0 radical (unpaired) electrons. The first-order valence-electron chi connectivity index (χ1n) is 7.61. The number of para-hydroxylation sites is 1. The SMILES string of the molecule is O=C(/C=C/c1ccc(-c2cccc([N+](=O)[O-])c2)o1)Nc1ccccc1Cl. The lowest BCUT2D eigenvalue weighted by molar-refractivity contribution is -0.384. The van der Waals surface area contributed by atoms with Crippen molar-refractivity contribution in [2.75, 3.05) is 5.32 Å². The number of nitrogens with zero attached hydrogens (tertiary/aromatic N) is 1. The maximum Gasteiger partial charge on any atom is 0.270 e. The van der Waals surface area contributed by atoms with Crippen molar-refractivity contribution in [1.29, 1.82) is 0 Å². The summed E-state index contributed by atoms with van der Waals surface area (Å²) in [6.45, 7) is 0. The highest BCUT2D eigenvalue weighted by molar-refractivity contribution is 6.33. The molecule has 6 nitrogen and oxygen atoms in total. The number of amides is 1. The van der Waals surface area contributed by atoms with E-state index >= 15 is 0 Å². The number of carbonyl (C=O) groups excluding carboxylic acids is 1. The van der Waals surface area contributed by atoms with Crippen molar-refractivity contribution in [2.24, 2.45) is 0 Å². The van der Waals surface area contributed by atoms with Crippen LogP contribution in [0.5, 0.6) is 0 Å². The third-order valence-corrected chi connectivity index (χ3v) is 3.83. The fourth-order valence-electron chi connectivity index (χ4n) is 2.27. The third kappa shape index (κ3) is 4.17. The maximum atomic E-state index is 12.0. The summed E-state index contributed by atoms with van der Waals surface area (Å²) in [6, 6.07) is 16.4. The monoisotopic (exact) mass is 368 g/mol. The summed E-state index contributed by atoms with van der Waals surface area (Å²) in [5, 5.41) is 14.0. The highest BCUT2D eigenvalue weighted by atomic mass is 35.5. The Morgan fingerprint density at radius 1 is 1.12 bits per heavy atom. The molecule has 1 heterocycles. The van der Waals surface area contributed by atoms with E-state index in [1.807, 2.05) is 0 Å².